The second kappa shape index (κ2) is 14.9. The number of rotatable bonds is 12. The van der Waals surface area contributed by atoms with Gasteiger partial charge in [0, 0.05) is 17.5 Å². The molecule has 0 aliphatic heterocycles. The van der Waals surface area contributed by atoms with Crippen molar-refractivity contribution in [3.63, 3.8) is 0 Å². The van der Waals surface area contributed by atoms with Gasteiger partial charge in [-0.25, -0.2) is 4.79 Å². The number of ether oxygens (including phenoxy) is 2. The van der Waals surface area contributed by atoms with E-state index in [1.807, 2.05) is 66.7 Å². The lowest BCUT2D eigenvalue weighted by molar-refractivity contribution is -0.151. The Hall–Kier alpha value is -3.88. The first-order valence-electron chi connectivity index (χ1n) is 16.5. The van der Waals surface area contributed by atoms with Crippen LogP contribution in [0.2, 0.25) is 5.02 Å². The highest BCUT2D eigenvalue weighted by atomic mass is 35.5. The van der Waals surface area contributed by atoms with Gasteiger partial charge in [-0.1, -0.05) is 104 Å². The van der Waals surface area contributed by atoms with E-state index < -0.39 is 22.8 Å². The predicted octanol–water partition coefficient (Wildman–Crippen LogP) is 7.16. The summed E-state index contributed by atoms with van der Waals surface area (Å²) >= 11 is 6.35. The van der Waals surface area contributed by atoms with Crippen LogP contribution in [0.1, 0.15) is 81.9 Å². The third-order valence-corrected chi connectivity index (χ3v) is 9.28. The van der Waals surface area contributed by atoms with Crippen LogP contribution in [0.25, 0.3) is 0 Å². The molecule has 0 bridgehead atoms. The quantitative estimate of drug-likeness (QED) is 0.215. The molecule has 3 aromatic carbocycles. The number of carbonyl (C=O) groups is 3. The Kier molecular flexibility index (Phi) is 10.9. The molecule has 2 aliphatic rings. The van der Waals surface area contributed by atoms with E-state index in [9.17, 15) is 14.4 Å². The van der Waals surface area contributed by atoms with Crippen LogP contribution in [0.3, 0.4) is 0 Å². The maximum atomic E-state index is 14.8. The minimum absolute atomic E-state index is 0.0787. The van der Waals surface area contributed by atoms with Gasteiger partial charge in [-0.05, 0) is 68.9 Å². The van der Waals surface area contributed by atoms with E-state index >= 15 is 0 Å². The molecule has 2 N–H and O–H groups in total. The molecule has 2 saturated carbocycles. The SMILES string of the molecule is CC(C)(C)OC(=O)NCC(=O)N(Cc1cccc(Cl)c1)C1(C(=O)NC2(COCc3ccccc3)CC2c2ccccc2)CCCCC1. The summed E-state index contributed by atoms with van der Waals surface area (Å²) in [6.07, 6.45) is 3.63. The van der Waals surface area contributed by atoms with Crippen LogP contribution in [0, 0.1) is 0 Å². The number of halogens is 1. The van der Waals surface area contributed by atoms with Gasteiger partial charge in [0.2, 0.25) is 11.8 Å². The van der Waals surface area contributed by atoms with Gasteiger partial charge < -0.3 is 25.0 Å². The van der Waals surface area contributed by atoms with E-state index in [0.29, 0.717) is 31.1 Å². The van der Waals surface area contributed by atoms with Crippen molar-refractivity contribution in [2.75, 3.05) is 13.2 Å². The predicted molar refractivity (Wildman–Crippen MR) is 183 cm³/mol. The number of alkyl carbamates (subject to hydrolysis) is 1. The molecule has 2 unspecified atom stereocenters. The van der Waals surface area contributed by atoms with Gasteiger partial charge in [-0.15, -0.1) is 0 Å². The summed E-state index contributed by atoms with van der Waals surface area (Å²) in [5.74, 6) is -0.473. The number of nitrogens with zero attached hydrogens (tertiary/aromatic N) is 1. The second-order valence-corrected chi connectivity index (χ2v) is 14.2. The van der Waals surface area contributed by atoms with Crippen LogP contribution in [0.4, 0.5) is 4.79 Å². The minimum atomic E-state index is -1.12. The normalized spacial score (nSPS) is 20.1. The summed E-state index contributed by atoms with van der Waals surface area (Å²) in [5, 5.41) is 6.60. The zero-order valence-corrected chi connectivity index (χ0v) is 28.4. The molecule has 9 heteroatoms. The van der Waals surface area contributed by atoms with Gasteiger partial charge >= 0.3 is 6.09 Å². The molecule has 0 radical (unpaired) electrons. The monoisotopic (exact) mass is 659 g/mol. The summed E-state index contributed by atoms with van der Waals surface area (Å²) in [4.78, 5) is 43.1. The van der Waals surface area contributed by atoms with Crippen LogP contribution in [0.5, 0.6) is 0 Å². The van der Waals surface area contributed by atoms with Crippen molar-refractivity contribution in [2.45, 2.75) is 95.0 Å². The molecule has 3 aromatic rings. The molecule has 0 spiro atoms. The number of benzene rings is 3. The van der Waals surface area contributed by atoms with E-state index in [1.54, 1.807) is 31.7 Å². The number of amides is 3. The smallest absolute Gasteiger partial charge is 0.408 e. The largest absolute Gasteiger partial charge is 0.444 e. The molecule has 0 saturated heterocycles. The Morgan fingerprint density at radius 1 is 0.894 bits per heavy atom. The molecule has 5 rings (SSSR count). The molecule has 2 atom stereocenters. The van der Waals surface area contributed by atoms with Gasteiger partial charge in [0.05, 0.1) is 18.8 Å². The Morgan fingerprint density at radius 2 is 1.55 bits per heavy atom. The number of hydrogen-bond donors (Lipinski definition) is 2. The third-order valence-electron chi connectivity index (χ3n) is 9.04. The molecule has 2 fully saturated rings. The van der Waals surface area contributed by atoms with E-state index in [4.69, 9.17) is 21.1 Å². The first kappa shape index (κ1) is 34.5. The number of carbonyl (C=O) groups excluding carboxylic acids is 3. The Morgan fingerprint density at radius 3 is 2.21 bits per heavy atom. The van der Waals surface area contributed by atoms with Crippen LogP contribution in [0.15, 0.2) is 84.9 Å². The average molecular weight is 660 g/mol. The van der Waals surface area contributed by atoms with Crippen LogP contribution < -0.4 is 10.6 Å². The van der Waals surface area contributed by atoms with Gasteiger partial charge in [-0.2, -0.15) is 0 Å². The highest BCUT2D eigenvalue weighted by molar-refractivity contribution is 6.30. The fraction of sp³-hybridized carbons (Fsp3) is 0.447. The van der Waals surface area contributed by atoms with Gasteiger partial charge in [-0.3, -0.25) is 9.59 Å². The van der Waals surface area contributed by atoms with Crippen molar-refractivity contribution in [3.05, 3.63) is 107 Å². The van der Waals surface area contributed by atoms with Crippen molar-refractivity contribution >= 4 is 29.5 Å². The van der Waals surface area contributed by atoms with Crippen LogP contribution in [-0.4, -0.2) is 52.6 Å². The fourth-order valence-electron chi connectivity index (χ4n) is 6.64. The van der Waals surface area contributed by atoms with Gasteiger partial charge in [0.15, 0.2) is 0 Å². The molecule has 2 aliphatic carbocycles. The summed E-state index contributed by atoms with van der Waals surface area (Å²) in [6.45, 7) is 5.93. The van der Waals surface area contributed by atoms with Crippen LogP contribution >= 0.6 is 11.6 Å². The highest BCUT2D eigenvalue weighted by Gasteiger charge is 2.59. The van der Waals surface area contributed by atoms with Gasteiger partial charge in [0.1, 0.15) is 17.7 Å². The second-order valence-electron chi connectivity index (χ2n) is 13.8. The first-order chi connectivity index (χ1) is 22.5. The lowest BCUT2D eigenvalue weighted by Crippen LogP contribution is -2.64. The van der Waals surface area contributed by atoms with E-state index in [-0.39, 0.29) is 30.8 Å². The third kappa shape index (κ3) is 8.93. The van der Waals surface area contributed by atoms with Crippen molar-refractivity contribution in [2.24, 2.45) is 0 Å². The van der Waals surface area contributed by atoms with Crippen LogP contribution in [-0.2, 0) is 32.2 Å². The standard InChI is InChI=1S/C38H46ClN3O5/c1-36(2,3)47-35(45)40-24-33(43)42(25-29-16-13-19-31(39)22-29)38(20-11-6-12-21-38)34(44)41-37(23-32(37)30-17-9-5-10-18-30)27-46-26-28-14-7-4-8-15-28/h4-5,7-10,13-19,22,32H,6,11-12,20-21,23-27H2,1-3H3,(H,40,45)(H,41,44). The summed E-state index contributed by atoms with van der Waals surface area (Å²) in [6, 6.07) is 27.5. The summed E-state index contributed by atoms with van der Waals surface area (Å²) < 4.78 is 11.7. The first-order valence-corrected chi connectivity index (χ1v) is 16.9. The minimum Gasteiger partial charge on any atom is -0.444 e. The summed E-state index contributed by atoms with van der Waals surface area (Å²) in [7, 11) is 0. The topological polar surface area (TPSA) is 97.0 Å². The van der Waals surface area contributed by atoms with Gasteiger partial charge in [0.25, 0.3) is 0 Å². The lowest BCUT2D eigenvalue weighted by Gasteiger charge is -2.46. The highest BCUT2D eigenvalue weighted by Crippen LogP contribution is 2.52. The van der Waals surface area contributed by atoms with Crippen molar-refractivity contribution < 1.29 is 23.9 Å². The molecular formula is C38H46ClN3O5. The molecule has 0 aromatic heterocycles. The maximum absolute atomic E-state index is 14.8. The Labute approximate surface area is 283 Å². The van der Waals surface area contributed by atoms with E-state index in [1.165, 1.54) is 0 Å². The lowest BCUT2D eigenvalue weighted by atomic mass is 9.78. The molecule has 3 amide bonds. The molecule has 47 heavy (non-hydrogen) atoms. The molecule has 8 nitrogen and oxygen atoms in total. The maximum Gasteiger partial charge on any atom is 0.408 e. The van der Waals surface area contributed by atoms with Crippen molar-refractivity contribution in [1.82, 2.24) is 15.5 Å². The van der Waals surface area contributed by atoms with E-state index in [2.05, 4.69) is 22.8 Å². The zero-order valence-electron chi connectivity index (χ0n) is 27.6. The fourth-order valence-corrected chi connectivity index (χ4v) is 6.85. The van der Waals surface area contributed by atoms with Crippen molar-refractivity contribution in [3.8, 4) is 0 Å². The number of nitrogens with one attached hydrogen (secondary N) is 2. The van der Waals surface area contributed by atoms with Crippen molar-refractivity contribution in [1.29, 1.82) is 0 Å². The zero-order chi connectivity index (χ0) is 33.5. The molecule has 250 valence electrons. The molecule has 0 heterocycles. The molecular weight excluding hydrogens is 614 g/mol. The number of hydrogen-bond acceptors (Lipinski definition) is 5. The van der Waals surface area contributed by atoms with E-state index in [0.717, 1.165) is 42.4 Å². The Balaban J connectivity index is 1.42. The Bertz CT molecular complexity index is 1520. The average Bonchev–Trinajstić information content (AvgIpc) is 3.76. The summed E-state index contributed by atoms with van der Waals surface area (Å²) in [5.41, 5.74) is 0.554.